The summed E-state index contributed by atoms with van der Waals surface area (Å²) in [6.45, 7) is 1.38. The highest BCUT2D eigenvalue weighted by Gasteiger charge is 2.34. The first-order chi connectivity index (χ1) is 19.1. The van der Waals surface area contributed by atoms with Crippen molar-refractivity contribution in [3.8, 4) is 0 Å². The van der Waals surface area contributed by atoms with Gasteiger partial charge in [0.25, 0.3) is 0 Å². The maximum atomic E-state index is 13.5. The van der Waals surface area contributed by atoms with Gasteiger partial charge in [0.1, 0.15) is 11.7 Å². The summed E-state index contributed by atoms with van der Waals surface area (Å²) >= 11 is 6.11. The number of hydrogen-bond donors (Lipinski definition) is 4. The highest BCUT2D eigenvalue weighted by Crippen LogP contribution is 2.35. The van der Waals surface area contributed by atoms with Gasteiger partial charge >= 0.3 is 6.18 Å². The van der Waals surface area contributed by atoms with Crippen molar-refractivity contribution in [2.45, 2.75) is 63.3 Å². The number of fused-ring (bicyclic) bond motifs is 2. The third-order valence-electron chi connectivity index (χ3n) is 7.29. The average molecular weight is 572 g/mol. The van der Waals surface area contributed by atoms with Crippen LogP contribution in [-0.2, 0) is 22.2 Å². The van der Waals surface area contributed by atoms with E-state index in [9.17, 15) is 22.8 Å². The molecular weight excluding hydrogens is 543 g/mol. The highest BCUT2D eigenvalue weighted by atomic mass is 35.5. The first kappa shape index (κ1) is 27.8. The Hall–Kier alpha value is -3.79. The SMILES string of the molecule is CC(=O)N[C@H](Cc1c[nH]c2ccccc12)C(=O)N[C@H]1CC[C@@H](Nc2cc(C(F)(F)F)nc3ccc(Cl)cc23)CC1. The number of aromatic nitrogens is 2. The molecule has 210 valence electrons. The predicted molar refractivity (Wildman–Crippen MR) is 149 cm³/mol. The number of halogens is 4. The predicted octanol–water partition coefficient (Wildman–Crippen LogP) is 5.98. The van der Waals surface area contributed by atoms with Gasteiger partial charge in [0.05, 0.1) is 5.52 Å². The molecule has 2 aromatic heterocycles. The fraction of sp³-hybridized carbons (Fsp3) is 0.345. The summed E-state index contributed by atoms with van der Waals surface area (Å²) in [5.74, 6) is -0.558. The second-order valence-electron chi connectivity index (χ2n) is 10.2. The molecule has 1 saturated carbocycles. The number of benzene rings is 2. The summed E-state index contributed by atoms with van der Waals surface area (Å²) < 4.78 is 40.4. The number of para-hydroxylation sites is 1. The number of aromatic amines is 1. The molecule has 0 saturated heterocycles. The number of pyridine rings is 1. The zero-order chi connectivity index (χ0) is 28.4. The van der Waals surface area contributed by atoms with Crippen LogP contribution in [-0.4, -0.2) is 39.9 Å². The minimum absolute atomic E-state index is 0.0869. The van der Waals surface area contributed by atoms with Gasteiger partial charge in [-0.3, -0.25) is 9.59 Å². The van der Waals surface area contributed by atoms with Crippen LogP contribution in [0.5, 0.6) is 0 Å². The molecule has 0 spiro atoms. The van der Waals surface area contributed by atoms with Crippen LogP contribution in [0.3, 0.4) is 0 Å². The molecule has 2 aromatic carbocycles. The fourth-order valence-electron chi connectivity index (χ4n) is 5.34. The maximum absolute atomic E-state index is 13.5. The number of alkyl halides is 3. The van der Waals surface area contributed by atoms with Gasteiger partial charge in [-0.25, -0.2) is 4.98 Å². The Kier molecular flexibility index (Phi) is 7.89. The van der Waals surface area contributed by atoms with Crippen molar-refractivity contribution >= 4 is 50.9 Å². The molecule has 7 nitrogen and oxygen atoms in total. The lowest BCUT2D eigenvalue weighted by Crippen LogP contribution is -2.51. The fourth-order valence-corrected chi connectivity index (χ4v) is 5.51. The molecule has 1 fully saturated rings. The minimum Gasteiger partial charge on any atom is -0.382 e. The Labute approximate surface area is 233 Å². The van der Waals surface area contributed by atoms with Crippen molar-refractivity contribution in [3.05, 3.63) is 71.0 Å². The van der Waals surface area contributed by atoms with Gasteiger partial charge in [0, 0.05) is 58.6 Å². The van der Waals surface area contributed by atoms with E-state index in [1.807, 2.05) is 30.5 Å². The standard InChI is InChI=1S/C29H29ClF3N5O2/c1-16(39)35-26(12-17-15-34-23-5-3-2-4-21(17)23)28(40)37-20-9-7-19(8-10-20)36-25-14-27(29(31,32)33)38-24-11-6-18(30)13-22(24)25/h2-6,11,13-15,19-20,26,34H,7-10,12H2,1H3,(H,35,39)(H,36,38)(H,37,40)/t19-,20+,26-/m1/s1. The van der Waals surface area contributed by atoms with Gasteiger partial charge in [-0.1, -0.05) is 29.8 Å². The van der Waals surface area contributed by atoms with Gasteiger partial charge in [0.2, 0.25) is 11.8 Å². The van der Waals surface area contributed by atoms with Crippen LogP contribution < -0.4 is 16.0 Å². The summed E-state index contributed by atoms with van der Waals surface area (Å²) in [7, 11) is 0. The second-order valence-corrected chi connectivity index (χ2v) is 10.7. The quantitative estimate of drug-likeness (QED) is 0.219. The first-order valence-corrected chi connectivity index (χ1v) is 13.5. The topological polar surface area (TPSA) is 98.9 Å². The maximum Gasteiger partial charge on any atom is 0.433 e. The van der Waals surface area contributed by atoms with Crippen molar-refractivity contribution in [1.29, 1.82) is 0 Å². The van der Waals surface area contributed by atoms with Gasteiger partial charge in [0.15, 0.2) is 0 Å². The number of amides is 2. The molecule has 40 heavy (non-hydrogen) atoms. The highest BCUT2D eigenvalue weighted by molar-refractivity contribution is 6.31. The molecule has 1 aliphatic rings. The molecule has 1 atom stereocenters. The summed E-state index contributed by atoms with van der Waals surface area (Å²) in [5.41, 5.74) is 1.46. The van der Waals surface area contributed by atoms with Crippen LogP contribution in [0.15, 0.2) is 54.7 Å². The van der Waals surface area contributed by atoms with Gasteiger partial charge in [-0.15, -0.1) is 0 Å². The van der Waals surface area contributed by atoms with Gasteiger partial charge in [-0.2, -0.15) is 13.2 Å². The Bertz CT molecular complexity index is 1550. The molecule has 0 aliphatic heterocycles. The summed E-state index contributed by atoms with van der Waals surface area (Å²) in [5, 5.41) is 11.0. The van der Waals surface area contributed by atoms with E-state index in [0.717, 1.165) is 22.5 Å². The Morgan fingerprint density at radius 2 is 1.77 bits per heavy atom. The van der Waals surface area contributed by atoms with Gasteiger partial charge < -0.3 is 20.9 Å². The van der Waals surface area contributed by atoms with Crippen LogP contribution in [0.4, 0.5) is 18.9 Å². The largest absolute Gasteiger partial charge is 0.433 e. The van der Waals surface area contributed by atoms with Crippen molar-refractivity contribution < 1.29 is 22.8 Å². The van der Waals surface area contributed by atoms with Gasteiger partial charge in [-0.05, 0) is 61.6 Å². The van der Waals surface area contributed by atoms with Crippen LogP contribution in [0, 0.1) is 0 Å². The number of carbonyl (C=O) groups is 2. The second kappa shape index (κ2) is 11.4. The van der Waals surface area contributed by atoms with Crippen molar-refractivity contribution in [2.24, 2.45) is 0 Å². The van der Waals surface area contributed by atoms with E-state index in [0.29, 0.717) is 48.2 Å². The smallest absolute Gasteiger partial charge is 0.382 e. The van der Waals surface area contributed by atoms with Crippen molar-refractivity contribution in [2.75, 3.05) is 5.32 Å². The number of carbonyl (C=O) groups excluding carboxylic acids is 2. The lowest BCUT2D eigenvalue weighted by atomic mass is 9.90. The van der Waals surface area contributed by atoms with Crippen LogP contribution in [0.2, 0.25) is 5.02 Å². The van der Waals surface area contributed by atoms with E-state index in [4.69, 9.17) is 11.6 Å². The van der Waals surface area contributed by atoms with Crippen LogP contribution in [0.1, 0.15) is 43.9 Å². The summed E-state index contributed by atoms with van der Waals surface area (Å²) in [6, 6.07) is 12.5. The van der Waals surface area contributed by atoms with E-state index in [-0.39, 0.29) is 29.4 Å². The molecular formula is C29H29ClF3N5O2. The normalized spacial score (nSPS) is 18.4. The Balaban J connectivity index is 1.24. The van der Waals surface area contributed by atoms with E-state index in [1.165, 1.54) is 19.1 Å². The average Bonchev–Trinajstić information content (AvgIpc) is 3.31. The number of nitrogens with one attached hydrogen (secondary N) is 4. The zero-order valence-corrected chi connectivity index (χ0v) is 22.5. The Morgan fingerprint density at radius 1 is 1.05 bits per heavy atom. The van der Waals surface area contributed by atoms with E-state index >= 15 is 0 Å². The Morgan fingerprint density at radius 3 is 2.50 bits per heavy atom. The summed E-state index contributed by atoms with van der Waals surface area (Å²) in [6.07, 6.45) is 0.172. The minimum atomic E-state index is -4.58. The number of anilines is 1. The van der Waals surface area contributed by atoms with Crippen molar-refractivity contribution in [3.63, 3.8) is 0 Å². The molecule has 2 amide bonds. The number of rotatable bonds is 7. The molecule has 0 unspecified atom stereocenters. The number of hydrogen-bond acceptors (Lipinski definition) is 4. The third kappa shape index (κ3) is 6.33. The molecule has 4 N–H and O–H groups in total. The molecule has 1 aliphatic carbocycles. The lowest BCUT2D eigenvalue weighted by Gasteiger charge is -2.31. The van der Waals surface area contributed by atoms with E-state index in [2.05, 4.69) is 25.9 Å². The molecule has 0 bridgehead atoms. The molecule has 2 heterocycles. The lowest BCUT2D eigenvalue weighted by molar-refractivity contribution is -0.140. The van der Waals surface area contributed by atoms with E-state index < -0.39 is 17.9 Å². The van der Waals surface area contributed by atoms with Crippen LogP contribution in [0.25, 0.3) is 21.8 Å². The molecule has 0 radical (unpaired) electrons. The zero-order valence-electron chi connectivity index (χ0n) is 21.7. The van der Waals surface area contributed by atoms with Crippen LogP contribution >= 0.6 is 11.6 Å². The summed E-state index contributed by atoms with van der Waals surface area (Å²) in [4.78, 5) is 32.0. The van der Waals surface area contributed by atoms with Crippen molar-refractivity contribution in [1.82, 2.24) is 20.6 Å². The molecule has 11 heteroatoms. The monoisotopic (exact) mass is 571 g/mol. The first-order valence-electron chi connectivity index (χ1n) is 13.1. The number of H-pyrrole nitrogens is 1. The molecule has 4 aromatic rings. The molecule has 5 rings (SSSR count). The number of nitrogens with zero attached hydrogens (tertiary/aromatic N) is 1. The van der Waals surface area contributed by atoms with E-state index in [1.54, 1.807) is 6.07 Å². The third-order valence-corrected chi connectivity index (χ3v) is 7.52.